The van der Waals surface area contributed by atoms with Crippen molar-refractivity contribution in [1.29, 1.82) is 0 Å². The second kappa shape index (κ2) is 15.7. The van der Waals surface area contributed by atoms with E-state index in [1.807, 2.05) is 38.1 Å². The topological polar surface area (TPSA) is 93.1 Å². The molecule has 0 saturated carbocycles. The number of benzene rings is 2. The first-order valence-corrected chi connectivity index (χ1v) is 18.1. The zero-order valence-electron chi connectivity index (χ0n) is 31.6. The highest BCUT2D eigenvalue weighted by Crippen LogP contribution is 2.43. The van der Waals surface area contributed by atoms with Crippen LogP contribution >= 0.6 is 11.8 Å². The second-order valence-electron chi connectivity index (χ2n) is 17.2. The van der Waals surface area contributed by atoms with Gasteiger partial charge in [-0.25, -0.2) is 0 Å². The van der Waals surface area contributed by atoms with Gasteiger partial charge in [-0.3, -0.25) is 9.59 Å². The SMILES string of the molecule is CC(CC(=O)OCCSCCOC(=O)CC(C)c1cc(C(C)(C)C)c(O)c(C(C)(C)C)c1)c1cc(C(C)(C)C)c(O)c(C(C)(C)C)c1. The summed E-state index contributed by atoms with van der Waals surface area (Å²) in [5.74, 6) is 1.30. The van der Waals surface area contributed by atoms with Crippen LogP contribution in [0.4, 0.5) is 0 Å². The number of carbonyl (C=O) groups excluding carboxylic acids is 2. The van der Waals surface area contributed by atoms with Crippen LogP contribution in [0.25, 0.3) is 0 Å². The molecule has 2 aromatic carbocycles. The third-order valence-electron chi connectivity index (χ3n) is 8.56. The lowest BCUT2D eigenvalue weighted by atomic mass is 9.77. The van der Waals surface area contributed by atoms with E-state index in [1.165, 1.54) is 0 Å². The van der Waals surface area contributed by atoms with Gasteiger partial charge in [0.2, 0.25) is 0 Å². The van der Waals surface area contributed by atoms with Gasteiger partial charge in [-0.15, -0.1) is 0 Å². The number of hydrogen-bond donors (Lipinski definition) is 2. The number of esters is 2. The van der Waals surface area contributed by atoms with Crippen molar-refractivity contribution in [3.05, 3.63) is 57.6 Å². The molecule has 0 bridgehead atoms. The summed E-state index contributed by atoms with van der Waals surface area (Å²) in [5.41, 5.74) is 4.66. The van der Waals surface area contributed by atoms with Gasteiger partial charge in [0.25, 0.3) is 0 Å². The quantitative estimate of drug-likeness (QED) is 0.172. The van der Waals surface area contributed by atoms with Crippen LogP contribution in [0.5, 0.6) is 11.5 Å². The number of carbonyl (C=O) groups is 2. The van der Waals surface area contributed by atoms with Crippen LogP contribution in [0.15, 0.2) is 24.3 Å². The van der Waals surface area contributed by atoms with Crippen molar-refractivity contribution in [2.45, 2.75) is 143 Å². The Hall–Kier alpha value is -2.67. The zero-order valence-corrected chi connectivity index (χ0v) is 32.5. The molecule has 47 heavy (non-hydrogen) atoms. The van der Waals surface area contributed by atoms with Gasteiger partial charge in [-0.2, -0.15) is 11.8 Å². The fourth-order valence-corrected chi connectivity index (χ4v) is 6.16. The number of hydrogen-bond acceptors (Lipinski definition) is 7. The molecule has 0 aliphatic carbocycles. The van der Waals surface area contributed by atoms with E-state index in [0.717, 1.165) is 33.4 Å². The highest BCUT2D eigenvalue weighted by molar-refractivity contribution is 7.99. The van der Waals surface area contributed by atoms with Crippen LogP contribution in [0, 0.1) is 0 Å². The minimum Gasteiger partial charge on any atom is -0.507 e. The lowest BCUT2D eigenvalue weighted by Gasteiger charge is -2.29. The predicted molar refractivity (Wildman–Crippen MR) is 196 cm³/mol. The minimum absolute atomic E-state index is 0.0542. The normalized spacial score (nSPS) is 14.1. The van der Waals surface area contributed by atoms with Gasteiger partial charge in [-0.05, 0) is 66.9 Å². The van der Waals surface area contributed by atoms with Gasteiger partial charge >= 0.3 is 11.9 Å². The van der Waals surface area contributed by atoms with Gasteiger partial charge < -0.3 is 19.7 Å². The van der Waals surface area contributed by atoms with E-state index in [4.69, 9.17) is 9.47 Å². The molecule has 7 heteroatoms. The highest BCUT2D eigenvalue weighted by Gasteiger charge is 2.29. The zero-order chi connectivity index (χ0) is 36.1. The minimum atomic E-state index is -0.250. The van der Waals surface area contributed by atoms with Crippen molar-refractivity contribution in [2.24, 2.45) is 0 Å². The molecule has 0 saturated heterocycles. The van der Waals surface area contributed by atoms with Crippen molar-refractivity contribution in [2.75, 3.05) is 24.7 Å². The molecular weight excluding hydrogens is 609 g/mol. The molecule has 6 nitrogen and oxygen atoms in total. The Kier molecular flexibility index (Phi) is 13.5. The molecule has 2 aromatic rings. The molecule has 0 aliphatic rings. The first-order valence-electron chi connectivity index (χ1n) is 17.0. The predicted octanol–water partition coefficient (Wildman–Crippen LogP) is 9.79. The largest absolute Gasteiger partial charge is 0.507 e. The average Bonchev–Trinajstić information content (AvgIpc) is 2.89. The summed E-state index contributed by atoms with van der Waals surface area (Å²) in [5, 5.41) is 22.0. The van der Waals surface area contributed by atoms with E-state index >= 15 is 0 Å². The van der Waals surface area contributed by atoms with Crippen molar-refractivity contribution >= 4 is 23.7 Å². The number of phenols is 2. The fourth-order valence-electron chi connectivity index (χ4n) is 5.55. The fraction of sp³-hybridized carbons (Fsp3) is 0.650. The molecule has 0 fully saturated rings. The Balaban J connectivity index is 1.83. The van der Waals surface area contributed by atoms with Gasteiger partial charge in [0, 0.05) is 11.5 Å². The maximum atomic E-state index is 12.7. The Labute approximate surface area is 289 Å². The Morgan fingerprint density at radius 1 is 0.574 bits per heavy atom. The maximum absolute atomic E-state index is 12.7. The molecule has 2 atom stereocenters. The molecule has 0 aromatic heterocycles. The Bertz CT molecular complexity index is 1210. The summed E-state index contributed by atoms with van der Waals surface area (Å²) in [6.07, 6.45) is 0.516. The standard InChI is InChI=1S/C40H62O6S/c1-25(27-21-29(37(3,4)5)35(43)30(22-27)38(6,7)8)19-33(41)45-15-17-47-18-16-46-34(42)20-26(2)28-23-31(39(9,10)11)36(44)32(24-28)40(12,13)14/h21-26,43-44H,15-20H2,1-14H3. The number of aromatic hydroxyl groups is 2. The Morgan fingerprint density at radius 2 is 0.830 bits per heavy atom. The molecule has 0 aliphatic heterocycles. The van der Waals surface area contributed by atoms with E-state index in [1.54, 1.807) is 11.8 Å². The van der Waals surface area contributed by atoms with Crippen LogP contribution in [0.1, 0.15) is 155 Å². The van der Waals surface area contributed by atoms with Crippen molar-refractivity contribution < 1.29 is 29.3 Å². The monoisotopic (exact) mass is 670 g/mol. The van der Waals surface area contributed by atoms with E-state index in [2.05, 4.69) is 83.1 Å². The van der Waals surface area contributed by atoms with E-state index in [-0.39, 0.29) is 58.3 Å². The second-order valence-corrected chi connectivity index (χ2v) is 18.4. The summed E-state index contributed by atoms with van der Waals surface area (Å²) in [6.45, 7) is 29.6. The first kappa shape index (κ1) is 40.5. The lowest BCUT2D eigenvalue weighted by molar-refractivity contribution is -0.144. The van der Waals surface area contributed by atoms with Gasteiger partial charge in [0.05, 0.1) is 12.8 Å². The van der Waals surface area contributed by atoms with E-state index in [9.17, 15) is 19.8 Å². The third-order valence-corrected chi connectivity index (χ3v) is 9.47. The summed E-state index contributed by atoms with van der Waals surface area (Å²) in [4.78, 5) is 25.3. The maximum Gasteiger partial charge on any atom is 0.306 e. The number of ether oxygens (including phenoxy) is 2. The summed E-state index contributed by atoms with van der Waals surface area (Å²) >= 11 is 1.58. The summed E-state index contributed by atoms with van der Waals surface area (Å²) in [7, 11) is 0. The van der Waals surface area contributed by atoms with Gasteiger partial charge in [-0.1, -0.05) is 121 Å². The summed E-state index contributed by atoms with van der Waals surface area (Å²) < 4.78 is 11.0. The van der Waals surface area contributed by atoms with Crippen LogP contribution in [-0.4, -0.2) is 46.9 Å². The molecule has 0 spiro atoms. The number of rotatable bonds is 12. The Morgan fingerprint density at radius 3 is 1.06 bits per heavy atom. The van der Waals surface area contributed by atoms with E-state index < -0.39 is 0 Å². The summed E-state index contributed by atoms with van der Waals surface area (Å²) in [6, 6.07) is 8.10. The van der Waals surface area contributed by atoms with Crippen LogP contribution in [0.2, 0.25) is 0 Å². The third kappa shape index (κ3) is 11.8. The molecule has 0 radical (unpaired) electrons. The van der Waals surface area contributed by atoms with Crippen molar-refractivity contribution in [3.8, 4) is 11.5 Å². The van der Waals surface area contributed by atoms with Crippen molar-refractivity contribution in [3.63, 3.8) is 0 Å². The molecular formula is C40H62O6S. The number of phenolic OH excluding ortho intramolecular Hbond substituents is 2. The van der Waals surface area contributed by atoms with Crippen LogP contribution < -0.4 is 0 Å². The highest BCUT2D eigenvalue weighted by atomic mass is 32.2. The van der Waals surface area contributed by atoms with Crippen molar-refractivity contribution in [1.82, 2.24) is 0 Å². The molecule has 2 rings (SSSR count). The first-order chi connectivity index (χ1) is 21.3. The molecule has 0 amide bonds. The van der Waals surface area contributed by atoms with Crippen LogP contribution in [0.3, 0.4) is 0 Å². The molecule has 0 heterocycles. The van der Waals surface area contributed by atoms with E-state index in [0.29, 0.717) is 36.2 Å². The molecule has 2 unspecified atom stereocenters. The van der Waals surface area contributed by atoms with Crippen LogP contribution in [-0.2, 0) is 40.7 Å². The average molecular weight is 671 g/mol. The lowest BCUT2D eigenvalue weighted by Crippen LogP contribution is -2.19. The molecule has 2 N–H and O–H groups in total. The van der Waals surface area contributed by atoms with Gasteiger partial charge in [0.1, 0.15) is 24.7 Å². The van der Waals surface area contributed by atoms with Gasteiger partial charge in [0.15, 0.2) is 0 Å². The molecule has 264 valence electrons. The smallest absolute Gasteiger partial charge is 0.306 e. The number of thioether (sulfide) groups is 1.